The van der Waals surface area contributed by atoms with Gasteiger partial charge in [-0.15, -0.1) is 0 Å². The van der Waals surface area contributed by atoms with Crippen LogP contribution in [0, 0.1) is 4.64 Å². The van der Waals surface area contributed by atoms with Crippen molar-refractivity contribution >= 4 is 23.0 Å². The molecule has 21 heavy (non-hydrogen) atoms. The normalized spacial score (nSPS) is 11.8. The van der Waals surface area contributed by atoms with Crippen molar-refractivity contribution in [3.05, 3.63) is 59.0 Å². The van der Waals surface area contributed by atoms with E-state index in [1.165, 1.54) is 6.20 Å². The molecule has 0 bridgehead atoms. The minimum atomic E-state index is -4.44. The zero-order valence-corrected chi connectivity index (χ0v) is 11.4. The monoisotopic (exact) mass is 306 g/mol. The number of nitrogens with one attached hydrogen (secondary N) is 1. The summed E-state index contributed by atoms with van der Waals surface area (Å²) in [7, 11) is 0. The van der Waals surface area contributed by atoms with Crippen LogP contribution in [0.5, 0.6) is 0 Å². The maximum absolute atomic E-state index is 12.9. The molecule has 6 heteroatoms. The number of alkyl halides is 3. The molecule has 2 heterocycles. The van der Waals surface area contributed by atoms with E-state index in [1.807, 2.05) is 24.3 Å². The van der Waals surface area contributed by atoms with E-state index in [4.69, 9.17) is 12.2 Å². The van der Waals surface area contributed by atoms with Crippen molar-refractivity contribution < 1.29 is 13.2 Å². The smallest absolute Gasteiger partial charge is 0.346 e. The predicted octanol–water partition coefficient (Wildman–Crippen LogP) is 4.98. The summed E-state index contributed by atoms with van der Waals surface area (Å²) < 4.78 is 38.7. The third kappa shape index (κ3) is 2.67. The molecule has 2 nitrogen and oxygen atoms in total. The lowest BCUT2D eigenvalue weighted by atomic mass is 10.0. The average molecular weight is 306 g/mol. The molecule has 106 valence electrons. The second-order valence-electron chi connectivity index (χ2n) is 4.55. The Bertz CT molecular complexity index is 863. The Morgan fingerprint density at radius 1 is 1.05 bits per heavy atom. The van der Waals surface area contributed by atoms with Crippen LogP contribution in [-0.2, 0) is 6.18 Å². The molecule has 0 atom stereocenters. The fraction of sp³-hybridized carbons (Fsp3) is 0.0667. The highest BCUT2D eigenvalue weighted by Gasteiger charge is 2.31. The van der Waals surface area contributed by atoms with Gasteiger partial charge in [0, 0.05) is 29.0 Å². The minimum Gasteiger partial charge on any atom is -0.346 e. The standard InChI is InChI=1S/C15H9F3N2S/c16-15(17,18)10-5-13(20-14(21)6-10)12-8-19-7-9-3-1-2-4-11(9)12/h1-8H,(H,20,21). The SMILES string of the molecule is FC(F)(F)c1cc(-c2cncc3ccccc23)[nH]c(=S)c1. The van der Waals surface area contributed by atoms with Gasteiger partial charge >= 0.3 is 6.18 Å². The second-order valence-corrected chi connectivity index (χ2v) is 4.99. The van der Waals surface area contributed by atoms with Crippen molar-refractivity contribution in [1.29, 1.82) is 0 Å². The van der Waals surface area contributed by atoms with Crippen LogP contribution in [0.4, 0.5) is 13.2 Å². The molecular weight excluding hydrogens is 297 g/mol. The summed E-state index contributed by atoms with van der Waals surface area (Å²) >= 11 is 4.90. The Morgan fingerprint density at radius 3 is 2.57 bits per heavy atom. The van der Waals surface area contributed by atoms with Crippen molar-refractivity contribution in [2.75, 3.05) is 0 Å². The fourth-order valence-electron chi connectivity index (χ4n) is 2.18. The quantitative estimate of drug-likeness (QED) is 0.642. The topological polar surface area (TPSA) is 28.7 Å². The highest BCUT2D eigenvalue weighted by molar-refractivity contribution is 7.71. The number of halogens is 3. The number of pyridine rings is 2. The minimum absolute atomic E-state index is 0.0350. The van der Waals surface area contributed by atoms with Gasteiger partial charge in [-0.05, 0) is 17.5 Å². The summed E-state index contributed by atoms with van der Waals surface area (Å²) in [5, 5.41) is 1.67. The molecule has 0 unspecified atom stereocenters. The molecule has 0 fully saturated rings. The van der Waals surface area contributed by atoms with Gasteiger partial charge in [-0.2, -0.15) is 13.2 Å². The molecule has 0 aliphatic heterocycles. The number of nitrogens with zero attached hydrogens (tertiary/aromatic N) is 1. The fourth-order valence-corrected chi connectivity index (χ4v) is 2.42. The number of fused-ring (bicyclic) bond motifs is 1. The Morgan fingerprint density at radius 2 is 1.81 bits per heavy atom. The van der Waals surface area contributed by atoms with Gasteiger partial charge in [-0.3, -0.25) is 4.98 Å². The first-order chi connectivity index (χ1) is 9.95. The van der Waals surface area contributed by atoms with E-state index in [0.29, 0.717) is 11.3 Å². The maximum atomic E-state index is 12.9. The number of hydrogen-bond donors (Lipinski definition) is 1. The second kappa shape index (κ2) is 4.96. The summed E-state index contributed by atoms with van der Waals surface area (Å²) in [4.78, 5) is 6.88. The number of aromatic amines is 1. The van der Waals surface area contributed by atoms with Gasteiger partial charge in [0.15, 0.2) is 0 Å². The summed E-state index contributed by atoms with van der Waals surface area (Å²) in [6.07, 6.45) is -1.24. The number of H-pyrrole nitrogens is 1. The van der Waals surface area contributed by atoms with Crippen LogP contribution in [0.3, 0.4) is 0 Å². The van der Waals surface area contributed by atoms with Crippen molar-refractivity contribution in [2.45, 2.75) is 6.18 Å². The van der Waals surface area contributed by atoms with Crippen LogP contribution >= 0.6 is 12.2 Å². The first kappa shape index (κ1) is 13.8. The maximum Gasteiger partial charge on any atom is 0.416 e. The molecule has 3 aromatic rings. The van der Waals surface area contributed by atoms with Crippen LogP contribution in [0.25, 0.3) is 22.0 Å². The molecule has 0 amide bonds. The van der Waals surface area contributed by atoms with E-state index >= 15 is 0 Å². The summed E-state index contributed by atoms with van der Waals surface area (Å²) in [5.41, 5.74) is 0.124. The number of benzene rings is 1. The first-order valence-electron chi connectivity index (χ1n) is 6.10. The third-order valence-corrected chi connectivity index (χ3v) is 3.35. The lowest BCUT2D eigenvalue weighted by molar-refractivity contribution is -0.137. The highest BCUT2D eigenvalue weighted by atomic mass is 32.1. The predicted molar refractivity (Wildman–Crippen MR) is 77.4 cm³/mol. The van der Waals surface area contributed by atoms with Gasteiger partial charge in [0.25, 0.3) is 0 Å². The molecule has 0 saturated heterocycles. The molecule has 3 rings (SSSR count). The largest absolute Gasteiger partial charge is 0.416 e. The summed E-state index contributed by atoms with van der Waals surface area (Å²) in [6.45, 7) is 0. The zero-order chi connectivity index (χ0) is 15.0. The highest BCUT2D eigenvalue weighted by Crippen LogP contribution is 2.33. The van der Waals surface area contributed by atoms with Crippen molar-refractivity contribution in [3.8, 4) is 11.3 Å². The van der Waals surface area contributed by atoms with Crippen molar-refractivity contribution in [1.82, 2.24) is 9.97 Å². The molecule has 1 N–H and O–H groups in total. The molecule has 0 saturated carbocycles. The lowest BCUT2D eigenvalue weighted by Crippen LogP contribution is -2.06. The Balaban J connectivity index is 2.29. The summed E-state index contributed by atoms with van der Waals surface area (Å²) in [6, 6.07) is 9.34. The van der Waals surface area contributed by atoms with E-state index in [1.54, 1.807) is 6.20 Å². The Hall–Kier alpha value is -2.21. The van der Waals surface area contributed by atoms with Crippen molar-refractivity contribution in [2.24, 2.45) is 0 Å². The Labute approximate surface area is 123 Å². The third-order valence-electron chi connectivity index (χ3n) is 3.13. The van der Waals surface area contributed by atoms with Crippen LogP contribution in [-0.4, -0.2) is 9.97 Å². The van der Waals surface area contributed by atoms with Gasteiger partial charge in [0.2, 0.25) is 0 Å². The van der Waals surface area contributed by atoms with Gasteiger partial charge in [-0.25, -0.2) is 0 Å². The summed E-state index contributed by atoms with van der Waals surface area (Å²) in [5.74, 6) is 0. The van der Waals surface area contributed by atoms with Crippen LogP contribution < -0.4 is 0 Å². The van der Waals surface area contributed by atoms with Gasteiger partial charge < -0.3 is 4.98 Å². The zero-order valence-electron chi connectivity index (χ0n) is 10.6. The van der Waals surface area contributed by atoms with E-state index < -0.39 is 11.7 Å². The number of aromatic nitrogens is 2. The number of hydrogen-bond acceptors (Lipinski definition) is 2. The van der Waals surface area contributed by atoms with E-state index in [0.717, 1.165) is 22.9 Å². The molecule has 0 aliphatic carbocycles. The van der Waals surface area contributed by atoms with E-state index in [-0.39, 0.29) is 4.64 Å². The molecule has 0 spiro atoms. The molecule has 2 aromatic heterocycles. The average Bonchev–Trinajstić information content (AvgIpc) is 2.45. The van der Waals surface area contributed by atoms with Crippen molar-refractivity contribution in [3.63, 3.8) is 0 Å². The van der Waals surface area contributed by atoms with Gasteiger partial charge in [-0.1, -0.05) is 36.5 Å². The van der Waals surface area contributed by atoms with Crippen LogP contribution in [0.1, 0.15) is 5.56 Å². The van der Waals surface area contributed by atoms with E-state index in [9.17, 15) is 13.2 Å². The first-order valence-corrected chi connectivity index (χ1v) is 6.51. The van der Waals surface area contributed by atoms with Crippen LogP contribution in [0.15, 0.2) is 48.8 Å². The van der Waals surface area contributed by atoms with E-state index in [2.05, 4.69) is 9.97 Å². The Kier molecular flexibility index (Phi) is 3.25. The van der Waals surface area contributed by atoms with Gasteiger partial charge in [0.05, 0.1) is 5.56 Å². The van der Waals surface area contributed by atoms with Gasteiger partial charge in [0.1, 0.15) is 4.64 Å². The molecule has 0 radical (unpaired) electrons. The molecular formula is C15H9F3N2S. The van der Waals surface area contributed by atoms with Crippen LogP contribution in [0.2, 0.25) is 0 Å². The molecule has 1 aromatic carbocycles. The molecule has 0 aliphatic rings. The lowest BCUT2D eigenvalue weighted by Gasteiger charge is -2.10. The number of rotatable bonds is 1.